The standard InChI is InChI=1S/C15H17N3O3/c1-15(2,3)9-6-4-8(5-7-9)14-18-10(12(16)19)11(21-14)13(17)20/h4-7H,1-3H3,(H2,16,19)(H2,17,20). The third kappa shape index (κ3) is 2.94. The molecule has 21 heavy (non-hydrogen) atoms. The minimum atomic E-state index is -0.881. The molecule has 0 bridgehead atoms. The number of carbonyl (C=O) groups is 2. The largest absolute Gasteiger partial charge is 0.430 e. The van der Waals surface area contributed by atoms with Crippen molar-refractivity contribution in [2.75, 3.05) is 0 Å². The van der Waals surface area contributed by atoms with Crippen molar-refractivity contribution in [3.8, 4) is 11.5 Å². The van der Waals surface area contributed by atoms with Gasteiger partial charge < -0.3 is 15.9 Å². The van der Waals surface area contributed by atoms with Crippen LogP contribution in [-0.2, 0) is 5.41 Å². The Morgan fingerprint density at radius 1 is 1.05 bits per heavy atom. The van der Waals surface area contributed by atoms with Crippen LogP contribution in [0.5, 0.6) is 0 Å². The summed E-state index contributed by atoms with van der Waals surface area (Å²) in [5.41, 5.74) is 11.8. The molecule has 4 N–H and O–H groups in total. The average Bonchev–Trinajstić information content (AvgIpc) is 2.83. The molecular weight excluding hydrogens is 270 g/mol. The molecule has 1 aromatic heterocycles. The van der Waals surface area contributed by atoms with E-state index in [1.54, 1.807) is 0 Å². The third-order valence-electron chi connectivity index (χ3n) is 3.08. The first kappa shape index (κ1) is 14.8. The summed E-state index contributed by atoms with van der Waals surface area (Å²) in [4.78, 5) is 26.4. The normalized spacial score (nSPS) is 11.4. The average molecular weight is 287 g/mol. The zero-order chi connectivity index (χ0) is 15.8. The Morgan fingerprint density at radius 2 is 1.62 bits per heavy atom. The van der Waals surface area contributed by atoms with Crippen LogP contribution in [0.25, 0.3) is 11.5 Å². The predicted octanol–water partition coefficient (Wildman–Crippen LogP) is 1.84. The van der Waals surface area contributed by atoms with E-state index in [1.165, 1.54) is 0 Å². The molecule has 2 aromatic rings. The van der Waals surface area contributed by atoms with Crippen molar-refractivity contribution in [1.82, 2.24) is 4.98 Å². The molecule has 2 rings (SSSR count). The highest BCUT2D eigenvalue weighted by Crippen LogP contribution is 2.26. The Balaban J connectivity index is 2.45. The first-order valence-electron chi connectivity index (χ1n) is 6.41. The Kier molecular flexibility index (Phi) is 3.55. The molecule has 0 saturated heterocycles. The van der Waals surface area contributed by atoms with Crippen LogP contribution in [0.4, 0.5) is 0 Å². The van der Waals surface area contributed by atoms with Crippen LogP contribution < -0.4 is 11.5 Å². The SMILES string of the molecule is CC(C)(C)c1ccc(-c2nc(C(N)=O)c(C(N)=O)o2)cc1. The number of rotatable bonds is 3. The lowest BCUT2D eigenvalue weighted by atomic mass is 9.87. The van der Waals surface area contributed by atoms with Gasteiger partial charge in [0.05, 0.1) is 0 Å². The van der Waals surface area contributed by atoms with Crippen LogP contribution in [0.2, 0.25) is 0 Å². The molecule has 110 valence electrons. The molecule has 1 heterocycles. The number of oxazole rings is 1. The van der Waals surface area contributed by atoms with Crippen LogP contribution in [-0.4, -0.2) is 16.8 Å². The number of primary amides is 2. The van der Waals surface area contributed by atoms with Crippen LogP contribution in [0.3, 0.4) is 0 Å². The topological polar surface area (TPSA) is 112 Å². The molecule has 0 spiro atoms. The molecule has 0 aliphatic heterocycles. The van der Waals surface area contributed by atoms with Gasteiger partial charge in [-0.25, -0.2) is 4.98 Å². The van der Waals surface area contributed by atoms with Crippen molar-refractivity contribution < 1.29 is 14.0 Å². The van der Waals surface area contributed by atoms with Crippen LogP contribution in [0.1, 0.15) is 47.4 Å². The van der Waals surface area contributed by atoms with Gasteiger partial charge in [0.25, 0.3) is 11.8 Å². The van der Waals surface area contributed by atoms with Gasteiger partial charge in [-0.05, 0) is 23.1 Å². The molecular formula is C15H17N3O3. The van der Waals surface area contributed by atoms with Gasteiger partial charge in [0.15, 0.2) is 5.69 Å². The zero-order valence-electron chi connectivity index (χ0n) is 12.1. The van der Waals surface area contributed by atoms with Crippen molar-refractivity contribution in [1.29, 1.82) is 0 Å². The number of benzene rings is 1. The summed E-state index contributed by atoms with van der Waals surface area (Å²) >= 11 is 0. The summed E-state index contributed by atoms with van der Waals surface area (Å²) in [6, 6.07) is 7.49. The zero-order valence-corrected chi connectivity index (χ0v) is 12.1. The Labute approximate surface area is 122 Å². The molecule has 0 aliphatic rings. The monoisotopic (exact) mass is 287 g/mol. The van der Waals surface area contributed by atoms with E-state index in [9.17, 15) is 9.59 Å². The van der Waals surface area contributed by atoms with E-state index in [0.717, 1.165) is 5.56 Å². The molecule has 2 amide bonds. The van der Waals surface area contributed by atoms with E-state index in [-0.39, 0.29) is 22.8 Å². The minimum Gasteiger partial charge on any atom is -0.430 e. The number of amides is 2. The Bertz CT molecular complexity index is 662. The number of hydrogen-bond acceptors (Lipinski definition) is 4. The second-order valence-corrected chi connectivity index (χ2v) is 5.75. The molecule has 0 unspecified atom stereocenters. The lowest BCUT2D eigenvalue weighted by Crippen LogP contribution is -2.19. The molecule has 1 aromatic carbocycles. The van der Waals surface area contributed by atoms with E-state index < -0.39 is 11.8 Å². The van der Waals surface area contributed by atoms with Crippen LogP contribution in [0.15, 0.2) is 28.7 Å². The van der Waals surface area contributed by atoms with Crippen molar-refractivity contribution in [2.45, 2.75) is 26.2 Å². The predicted molar refractivity (Wildman–Crippen MR) is 77.7 cm³/mol. The third-order valence-corrected chi connectivity index (χ3v) is 3.08. The number of nitrogens with two attached hydrogens (primary N) is 2. The van der Waals surface area contributed by atoms with E-state index in [1.807, 2.05) is 24.3 Å². The van der Waals surface area contributed by atoms with E-state index in [2.05, 4.69) is 25.8 Å². The Hall–Kier alpha value is -2.63. The summed E-state index contributed by atoms with van der Waals surface area (Å²) in [5.74, 6) is -1.92. The maximum absolute atomic E-state index is 11.2. The van der Waals surface area contributed by atoms with Crippen molar-refractivity contribution in [3.05, 3.63) is 41.3 Å². The summed E-state index contributed by atoms with van der Waals surface area (Å²) in [7, 11) is 0. The fourth-order valence-electron chi connectivity index (χ4n) is 1.89. The van der Waals surface area contributed by atoms with Gasteiger partial charge in [0, 0.05) is 5.56 Å². The lowest BCUT2D eigenvalue weighted by Gasteiger charge is -2.18. The van der Waals surface area contributed by atoms with Gasteiger partial charge in [-0.15, -0.1) is 0 Å². The first-order chi connectivity index (χ1) is 9.70. The van der Waals surface area contributed by atoms with Crippen molar-refractivity contribution in [2.24, 2.45) is 11.5 Å². The molecule has 0 radical (unpaired) electrons. The Morgan fingerprint density at radius 3 is 2.00 bits per heavy atom. The fraction of sp³-hybridized carbons (Fsp3) is 0.267. The van der Waals surface area contributed by atoms with Gasteiger partial charge in [0.1, 0.15) is 0 Å². The van der Waals surface area contributed by atoms with Gasteiger partial charge in [-0.3, -0.25) is 9.59 Å². The molecule has 0 saturated carbocycles. The minimum absolute atomic E-state index is 0.0197. The molecule has 0 atom stereocenters. The molecule has 0 aliphatic carbocycles. The first-order valence-corrected chi connectivity index (χ1v) is 6.41. The summed E-state index contributed by atoms with van der Waals surface area (Å²) in [5, 5.41) is 0. The highest BCUT2D eigenvalue weighted by molar-refractivity contribution is 6.03. The second-order valence-electron chi connectivity index (χ2n) is 5.75. The fourth-order valence-corrected chi connectivity index (χ4v) is 1.89. The van der Waals surface area contributed by atoms with Crippen LogP contribution >= 0.6 is 0 Å². The van der Waals surface area contributed by atoms with Gasteiger partial charge in [-0.2, -0.15) is 0 Å². The quantitative estimate of drug-likeness (QED) is 0.896. The molecule has 0 fully saturated rings. The summed E-state index contributed by atoms with van der Waals surface area (Å²) in [6.45, 7) is 6.30. The summed E-state index contributed by atoms with van der Waals surface area (Å²) in [6.07, 6.45) is 0. The summed E-state index contributed by atoms with van der Waals surface area (Å²) < 4.78 is 5.26. The highest BCUT2D eigenvalue weighted by Gasteiger charge is 2.23. The molecule has 6 nitrogen and oxygen atoms in total. The number of carbonyl (C=O) groups excluding carboxylic acids is 2. The smallest absolute Gasteiger partial charge is 0.287 e. The van der Waals surface area contributed by atoms with E-state index >= 15 is 0 Å². The molecule has 6 heteroatoms. The van der Waals surface area contributed by atoms with Crippen LogP contribution in [0, 0.1) is 0 Å². The lowest BCUT2D eigenvalue weighted by molar-refractivity contribution is 0.0946. The van der Waals surface area contributed by atoms with Gasteiger partial charge in [0.2, 0.25) is 11.7 Å². The van der Waals surface area contributed by atoms with E-state index in [4.69, 9.17) is 15.9 Å². The number of aromatic nitrogens is 1. The maximum atomic E-state index is 11.2. The van der Waals surface area contributed by atoms with Gasteiger partial charge >= 0.3 is 0 Å². The van der Waals surface area contributed by atoms with E-state index in [0.29, 0.717) is 5.56 Å². The van der Waals surface area contributed by atoms with Crippen molar-refractivity contribution >= 4 is 11.8 Å². The highest BCUT2D eigenvalue weighted by atomic mass is 16.4. The number of nitrogens with zero attached hydrogens (tertiary/aromatic N) is 1. The number of hydrogen-bond donors (Lipinski definition) is 2. The second kappa shape index (κ2) is 5.05. The van der Waals surface area contributed by atoms with Crippen molar-refractivity contribution in [3.63, 3.8) is 0 Å². The maximum Gasteiger partial charge on any atom is 0.287 e. The van der Waals surface area contributed by atoms with Gasteiger partial charge in [-0.1, -0.05) is 32.9 Å².